The zero-order valence-corrected chi connectivity index (χ0v) is 14.5. The van der Waals surface area contributed by atoms with Gasteiger partial charge in [-0.2, -0.15) is 0 Å². The maximum atomic E-state index is 11.8. The second kappa shape index (κ2) is 7.99. The molecule has 0 fully saturated rings. The van der Waals surface area contributed by atoms with Crippen LogP contribution >= 0.6 is 27.5 Å². The van der Waals surface area contributed by atoms with Crippen molar-refractivity contribution in [2.75, 3.05) is 11.9 Å². The third-order valence-corrected chi connectivity index (χ3v) is 3.46. The van der Waals surface area contributed by atoms with Crippen LogP contribution in [-0.4, -0.2) is 18.5 Å². The summed E-state index contributed by atoms with van der Waals surface area (Å²) in [5, 5.41) is 3.14. The lowest BCUT2D eigenvalue weighted by Crippen LogP contribution is -2.20. The summed E-state index contributed by atoms with van der Waals surface area (Å²) in [7, 11) is 0. The summed E-state index contributed by atoms with van der Waals surface area (Å²) < 4.78 is 10.6. The van der Waals surface area contributed by atoms with Gasteiger partial charge in [-0.05, 0) is 58.8 Å². The largest absolute Gasteiger partial charge is 0.452 e. The molecule has 0 spiro atoms. The minimum absolute atomic E-state index is 0.392. The first kappa shape index (κ1) is 17.3. The summed E-state index contributed by atoms with van der Waals surface area (Å²) >= 11 is 9.02. The molecule has 7 heteroatoms. The van der Waals surface area contributed by atoms with Crippen LogP contribution in [0.25, 0.3) is 6.08 Å². The number of halogens is 2. The van der Waals surface area contributed by atoms with Gasteiger partial charge in [0.1, 0.15) is 5.76 Å². The molecule has 0 atom stereocenters. The van der Waals surface area contributed by atoms with Crippen molar-refractivity contribution in [3.05, 3.63) is 57.4 Å². The molecular formula is C16H13BrClNO4. The van der Waals surface area contributed by atoms with E-state index in [2.05, 4.69) is 21.2 Å². The van der Waals surface area contributed by atoms with Crippen molar-refractivity contribution < 1.29 is 18.7 Å². The molecule has 0 bridgehead atoms. The van der Waals surface area contributed by atoms with Crippen molar-refractivity contribution >= 4 is 51.2 Å². The Morgan fingerprint density at radius 2 is 2.13 bits per heavy atom. The highest BCUT2D eigenvalue weighted by molar-refractivity contribution is 9.10. The number of carbonyl (C=O) groups excluding carboxylic acids is 2. The Balaban J connectivity index is 1.83. The number of rotatable bonds is 5. The van der Waals surface area contributed by atoms with Crippen LogP contribution in [0.3, 0.4) is 0 Å². The summed E-state index contributed by atoms with van der Waals surface area (Å²) in [4.78, 5) is 23.3. The van der Waals surface area contributed by atoms with E-state index < -0.39 is 18.5 Å². The maximum absolute atomic E-state index is 11.8. The molecule has 1 N–H and O–H groups in total. The lowest BCUT2D eigenvalue weighted by molar-refractivity contribution is -0.142. The van der Waals surface area contributed by atoms with Crippen LogP contribution in [0.1, 0.15) is 11.3 Å². The number of amides is 1. The quantitative estimate of drug-likeness (QED) is 0.605. The van der Waals surface area contributed by atoms with Crippen molar-refractivity contribution in [2.45, 2.75) is 6.92 Å². The maximum Gasteiger partial charge on any atom is 0.331 e. The van der Waals surface area contributed by atoms with Crippen LogP contribution in [0, 0.1) is 6.92 Å². The van der Waals surface area contributed by atoms with Gasteiger partial charge >= 0.3 is 5.97 Å². The number of benzene rings is 1. The number of furan rings is 1. The summed E-state index contributed by atoms with van der Waals surface area (Å²) in [5.74, 6) is -0.596. The molecule has 0 aliphatic rings. The number of carbonyl (C=O) groups is 2. The SMILES string of the molecule is Cc1ccc(Cl)cc1NC(=O)COC(=O)C=Cc1ccc(Br)o1. The molecule has 2 rings (SSSR count). The Bertz CT molecular complexity index is 754. The highest BCUT2D eigenvalue weighted by Crippen LogP contribution is 2.20. The molecule has 0 aliphatic carbocycles. The predicted molar refractivity (Wildman–Crippen MR) is 91.2 cm³/mol. The Morgan fingerprint density at radius 1 is 1.35 bits per heavy atom. The number of ether oxygens (including phenoxy) is 1. The molecule has 23 heavy (non-hydrogen) atoms. The van der Waals surface area contributed by atoms with E-state index in [1.165, 1.54) is 12.2 Å². The molecule has 1 aromatic heterocycles. The van der Waals surface area contributed by atoms with Crippen molar-refractivity contribution in [2.24, 2.45) is 0 Å². The molecule has 120 valence electrons. The lowest BCUT2D eigenvalue weighted by atomic mass is 10.2. The second-order valence-electron chi connectivity index (χ2n) is 4.59. The molecule has 5 nitrogen and oxygen atoms in total. The fourth-order valence-electron chi connectivity index (χ4n) is 1.67. The summed E-state index contributed by atoms with van der Waals surface area (Å²) in [6, 6.07) is 8.53. The molecule has 1 aromatic carbocycles. The van der Waals surface area contributed by atoms with Crippen LogP contribution in [0.15, 0.2) is 45.5 Å². The monoisotopic (exact) mass is 397 g/mol. The van der Waals surface area contributed by atoms with E-state index in [9.17, 15) is 9.59 Å². The summed E-state index contributed by atoms with van der Waals surface area (Å²) in [6.45, 7) is 1.44. The predicted octanol–water partition coefficient (Wildman–Crippen LogP) is 4.20. The number of esters is 1. The Labute approximate surface area is 146 Å². The van der Waals surface area contributed by atoms with Gasteiger partial charge in [0.25, 0.3) is 5.91 Å². The fourth-order valence-corrected chi connectivity index (χ4v) is 2.16. The Kier molecular flexibility index (Phi) is 6.01. The Hall–Kier alpha value is -2.05. The summed E-state index contributed by atoms with van der Waals surface area (Å²) in [6.07, 6.45) is 2.63. The zero-order chi connectivity index (χ0) is 16.8. The fraction of sp³-hybridized carbons (Fsp3) is 0.125. The first-order chi connectivity index (χ1) is 10.9. The number of anilines is 1. The number of hydrogen-bond acceptors (Lipinski definition) is 4. The van der Waals surface area contributed by atoms with Crippen LogP contribution in [0.4, 0.5) is 5.69 Å². The van der Waals surface area contributed by atoms with Crippen molar-refractivity contribution in [1.29, 1.82) is 0 Å². The molecule has 0 radical (unpaired) electrons. The summed E-state index contributed by atoms with van der Waals surface area (Å²) in [5.41, 5.74) is 1.44. The van der Waals surface area contributed by atoms with Crippen LogP contribution in [-0.2, 0) is 14.3 Å². The van der Waals surface area contributed by atoms with Gasteiger partial charge in [0.2, 0.25) is 0 Å². The van der Waals surface area contributed by atoms with Gasteiger partial charge in [-0.25, -0.2) is 4.79 Å². The van der Waals surface area contributed by atoms with Crippen molar-refractivity contribution in [3.8, 4) is 0 Å². The highest BCUT2D eigenvalue weighted by Gasteiger charge is 2.08. The third kappa shape index (κ3) is 5.58. The molecular weight excluding hydrogens is 386 g/mol. The molecule has 2 aromatic rings. The van der Waals surface area contributed by atoms with E-state index in [0.717, 1.165) is 5.56 Å². The van der Waals surface area contributed by atoms with Gasteiger partial charge in [-0.3, -0.25) is 4.79 Å². The van der Waals surface area contributed by atoms with E-state index >= 15 is 0 Å². The van der Waals surface area contributed by atoms with E-state index in [1.54, 1.807) is 30.3 Å². The number of aryl methyl sites for hydroxylation is 1. The van der Waals surface area contributed by atoms with Gasteiger partial charge in [-0.15, -0.1) is 0 Å². The topological polar surface area (TPSA) is 68.5 Å². The average Bonchev–Trinajstić information content (AvgIpc) is 2.92. The average molecular weight is 399 g/mol. The molecule has 1 amide bonds. The number of hydrogen-bond donors (Lipinski definition) is 1. The number of nitrogens with one attached hydrogen (secondary N) is 1. The van der Waals surface area contributed by atoms with E-state index in [4.69, 9.17) is 20.8 Å². The smallest absolute Gasteiger partial charge is 0.331 e. The second-order valence-corrected chi connectivity index (χ2v) is 5.81. The third-order valence-electron chi connectivity index (χ3n) is 2.80. The van der Waals surface area contributed by atoms with E-state index in [1.807, 2.05) is 6.92 Å². The highest BCUT2D eigenvalue weighted by atomic mass is 79.9. The molecule has 1 heterocycles. The van der Waals surface area contributed by atoms with E-state index in [0.29, 0.717) is 21.1 Å². The molecule has 0 saturated heterocycles. The molecule has 0 aliphatic heterocycles. The van der Waals surface area contributed by atoms with Gasteiger partial charge in [0.15, 0.2) is 11.3 Å². The standard InChI is InChI=1S/C16H13BrClNO4/c1-10-2-3-11(18)8-13(10)19-15(20)9-22-16(21)7-5-12-4-6-14(17)23-12/h2-8H,9H2,1H3,(H,19,20). The van der Waals surface area contributed by atoms with Gasteiger partial charge < -0.3 is 14.5 Å². The first-order valence-corrected chi connectivity index (χ1v) is 7.77. The first-order valence-electron chi connectivity index (χ1n) is 6.60. The van der Waals surface area contributed by atoms with Crippen molar-refractivity contribution in [1.82, 2.24) is 0 Å². The molecule has 0 unspecified atom stereocenters. The lowest BCUT2D eigenvalue weighted by Gasteiger charge is -2.08. The minimum Gasteiger partial charge on any atom is -0.452 e. The minimum atomic E-state index is -0.643. The van der Waals surface area contributed by atoms with Crippen LogP contribution < -0.4 is 5.32 Å². The zero-order valence-electron chi connectivity index (χ0n) is 12.1. The van der Waals surface area contributed by atoms with Crippen molar-refractivity contribution in [3.63, 3.8) is 0 Å². The van der Waals surface area contributed by atoms with Gasteiger partial charge in [0, 0.05) is 16.8 Å². The van der Waals surface area contributed by atoms with Crippen LogP contribution in [0.5, 0.6) is 0 Å². The molecule has 0 saturated carbocycles. The Morgan fingerprint density at radius 3 is 2.83 bits per heavy atom. The van der Waals surface area contributed by atoms with E-state index in [-0.39, 0.29) is 0 Å². The van der Waals surface area contributed by atoms with Gasteiger partial charge in [-0.1, -0.05) is 17.7 Å². The van der Waals surface area contributed by atoms with Gasteiger partial charge in [0.05, 0.1) is 0 Å². The van der Waals surface area contributed by atoms with Crippen LogP contribution in [0.2, 0.25) is 5.02 Å². The normalized spacial score (nSPS) is 10.7.